The molecule has 1 saturated heterocycles. The zero-order valence-corrected chi connectivity index (χ0v) is 22.0. The van der Waals surface area contributed by atoms with Crippen molar-refractivity contribution in [3.05, 3.63) is 28.8 Å². The number of likely N-dealkylation sites (tertiary alicyclic amines) is 1. The van der Waals surface area contributed by atoms with Crippen molar-refractivity contribution in [2.24, 2.45) is 11.8 Å². The van der Waals surface area contributed by atoms with Crippen LogP contribution in [0.1, 0.15) is 53.0 Å². The van der Waals surface area contributed by atoms with Gasteiger partial charge in [0.2, 0.25) is 17.7 Å². The molecule has 0 bridgehead atoms. The van der Waals surface area contributed by atoms with Crippen LogP contribution in [-0.4, -0.2) is 77.7 Å². The monoisotopic (exact) mass is 490 g/mol. The van der Waals surface area contributed by atoms with Gasteiger partial charge in [0, 0.05) is 70.2 Å². The van der Waals surface area contributed by atoms with Crippen LogP contribution in [0.5, 0.6) is 0 Å². The molecule has 0 unspecified atom stereocenters. The lowest BCUT2D eigenvalue weighted by Gasteiger charge is -2.40. The lowest BCUT2D eigenvalue weighted by molar-refractivity contribution is -0.148. The summed E-state index contributed by atoms with van der Waals surface area (Å²) >= 11 is 6.38. The van der Waals surface area contributed by atoms with E-state index in [2.05, 4.69) is 18.7 Å². The Kier molecular flexibility index (Phi) is 8.99. The predicted octanol–water partition coefficient (Wildman–Crippen LogP) is 3.64. The van der Waals surface area contributed by atoms with Gasteiger partial charge in [-0.3, -0.25) is 19.3 Å². The number of rotatable bonds is 4. The average Bonchev–Trinajstić information content (AvgIpc) is 2.74. The average molecular weight is 491 g/mol. The second-order valence-corrected chi connectivity index (χ2v) is 10.7. The molecule has 0 saturated carbocycles. The predicted molar refractivity (Wildman–Crippen MR) is 136 cm³/mol. The second kappa shape index (κ2) is 11.5. The third kappa shape index (κ3) is 6.51. The van der Waals surface area contributed by atoms with Crippen LogP contribution in [0.3, 0.4) is 0 Å². The number of fused-ring (bicyclic) bond motifs is 1. The molecule has 0 radical (unpaired) electrons. The smallest absolute Gasteiger partial charge is 0.229 e. The maximum atomic E-state index is 13.5. The van der Waals surface area contributed by atoms with Crippen LogP contribution in [-0.2, 0) is 20.9 Å². The van der Waals surface area contributed by atoms with Gasteiger partial charge in [-0.1, -0.05) is 31.5 Å². The first-order valence-electron chi connectivity index (χ1n) is 12.4. The molecular formula is C26H39ClN4O3. The Morgan fingerprint density at radius 3 is 2.32 bits per heavy atom. The first-order chi connectivity index (χ1) is 16.1. The topological polar surface area (TPSA) is 64.2 Å². The van der Waals surface area contributed by atoms with Crippen LogP contribution in [0.25, 0.3) is 0 Å². The number of benzene rings is 1. The summed E-state index contributed by atoms with van der Waals surface area (Å²) in [5.41, 5.74) is 1.73. The number of nitrogens with zero attached hydrogens (tertiary/aromatic N) is 4. The van der Waals surface area contributed by atoms with Crippen LogP contribution in [0.4, 0.5) is 5.69 Å². The van der Waals surface area contributed by atoms with E-state index < -0.39 is 0 Å². The Morgan fingerprint density at radius 2 is 1.71 bits per heavy atom. The van der Waals surface area contributed by atoms with Gasteiger partial charge in [-0.2, -0.15) is 0 Å². The van der Waals surface area contributed by atoms with E-state index >= 15 is 0 Å². The SMILES string of the molecule is CC(=O)N1CC(C(=O)N2CCN(C(C)C)CCCN(C(=O)CC(C)C)c3cc(Cl)ccc3C2)C1. The number of halogens is 1. The van der Waals surface area contributed by atoms with Gasteiger partial charge in [0.25, 0.3) is 0 Å². The maximum Gasteiger partial charge on any atom is 0.229 e. The van der Waals surface area contributed by atoms with E-state index in [9.17, 15) is 14.4 Å². The molecule has 3 rings (SSSR count). The summed E-state index contributed by atoms with van der Waals surface area (Å²) in [5, 5.41) is 0.578. The van der Waals surface area contributed by atoms with E-state index in [0.29, 0.717) is 50.2 Å². The molecule has 0 aliphatic carbocycles. The van der Waals surface area contributed by atoms with E-state index in [1.807, 2.05) is 41.8 Å². The molecule has 7 nitrogen and oxygen atoms in total. The summed E-state index contributed by atoms with van der Waals surface area (Å²) in [7, 11) is 0. The fraction of sp³-hybridized carbons (Fsp3) is 0.654. The molecular weight excluding hydrogens is 452 g/mol. The first kappa shape index (κ1) is 26.5. The molecule has 1 fully saturated rings. The molecule has 0 N–H and O–H groups in total. The Bertz CT molecular complexity index is 898. The van der Waals surface area contributed by atoms with E-state index in [4.69, 9.17) is 11.6 Å². The first-order valence-corrected chi connectivity index (χ1v) is 12.8. The summed E-state index contributed by atoms with van der Waals surface area (Å²) in [6.07, 6.45) is 1.31. The maximum absolute atomic E-state index is 13.5. The number of carbonyl (C=O) groups is 3. The largest absolute Gasteiger partial charge is 0.341 e. The van der Waals surface area contributed by atoms with Crippen molar-refractivity contribution in [3.63, 3.8) is 0 Å². The summed E-state index contributed by atoms with van der Waals surface area (Å²) in [5.74, 6) is 0.244. The van der Waals surface area contributed by atoms with Gasteiger partial charge >= 0.3 is 0 Å². The molecule has 188 valence electrons. The Labute approximate surface area is 209 Å². The molecule has 3 amide bonds. The zero-order chi connectivity index (χ0) is 25.0. The van der Waals surface area contributed by atoms with Crippen LogP contribution in [0.2, 0.25) is 5.02 Å². The number of hydrogen-bond donors (Lipinski definition) is 0. The fourth-order valence-electron chi connectivity index (χ4n) is 4.69. The second-order valence-electron chi connectivity index (χ2n) is 10.3. The Hall–Kier alpha value is -2.12. The van der Waals surface area contributed by atoms with Crippen molar-refractivity contribution in [1.29, 1.82) is 0 Å². The minimum atomic E-state index is -0.170. The van der Waals surface area contributed by atoms with Crippen LogP contribution < -0.4 is 4.90 Å². The van der Waals surface area contributed by atoms with E-state index in [1.165, 1.54) is 6.92 Å². The Morgan fingerprint density at radius 1 is 1.00 bits per heavy atom. The summed E-state index contributed by atoms with van der Waals surface area (Å²) in [4.78, 5) is 46.2. The van der Waals surface area contributed by atoms with Gasteiger partial charge in [0.15, 0.2) is 0 Å². The third-order valence-electron chi connectivity index (χ3n) is 6.79. The molecule has 0 atom stereocenters. The number of carbonyl (C=O) groups excluding carboxylic acids is 3. The van der Waals surface area contributed by atoms with Crippen molar-refractivity contribution < 1.29 is 14.4 Å². The highest BCUT2D eigenvalue weighted by atomic mass is 35.5. The minimum absolute atomic E-state index is 0.00627. The van der Waals surface area contributed by atoms with E-state index in [-0.39, 0.29) is 29.6 Å². The quantitative estimate of drug-likeness (QED) is 0.646. The molecule has 0 aromatic heterocycles. The van der Waals surface area contributed by atoms with Crippen molar-refractivity contribution >= 4 is 35.0 Å². The highest BCUT2D eigenvalue weighted by Gasteiger charge is 2.37. The minimum Gasteiger partial charge on any atom is -0.341 e. The van der Waals surface area contributed by atoms with Crippen molar-refractivity contribution in [2.75, 3.05) is 44.2 Å². The highest BCUT2D eigenvalue weighted by Crippen LogP contribution is 2.29. The van der Waals surface area contributed by atoms with Crippen molar-refractivity contribution in [3.8, 4) is 0 Å². The number of anilines is 1. The highest BCUT2D eigenvalue weighted by molar-refractivity contribution is 6.31. The molecule has 2 aliphatic heterocycles. The fourth-order valence-corrected chi connectivity index (χ4v) is 4.86. The van der Waals surface area contributed by atoms with Gasteiger partial charge in [-0.25, -0.2) is 0 Å². The third-order valence-corrected chi connectivity index (χ3v) is 7.02. The molecule has 1 aromatic carbocycles. The molecule has 8 heteroatoms. The zero-order valence-electron chi connectivity index (χ0n) is 21.2. The van der Waals surface area contributed by atoms with E-state index in [0.717, 1.165) is 30.8 Å². The number of hydrogen-bond acceptors (Lipinski definition) is 4. The normalized spacial score (nSPS) is 18.5. The van der Waals surface area contributed by atoms with Crippen LogP contribution in [0, 0.1) is 11.8 Å². The number of amides is 3. The van der Waals surface area contributed by atoms with Gasteiger partial charge in [0.1, 0.15) is 0 Å². The molecule has 2 heterocycles. The Balaban J connectivity index is 1.94. The van der Waals surface area contributed by atoms with Crippen LogP contribution in [0.15, 0.2) is 18.2 Å². The molecule has 0 spiro atoms. The van der Waals surface area contributed by atoms with Crippen LogP contribution >= 0.6 is 11.6 Å². The molecule has 1 aromatic rings. The summed E-state index contributed by atoms with van der Waals surface area (Å²) in [6.45, 7) is 14.2. The van der Waals surface area contributed by atoms with Gasteiger partial charge < -0.3 is 14.7 Å². The molecule has 34 heavy (non-hydrogen) atoms. The lowest BCUT2D eigenvalue weighted by atomic mass is 9.97. The van der Waals surface area contributed by atoms with Crippen molar-refractivity contribution in [1.82, 2.24) is 14.7 Å². The summed E-state index contributed by atoms with van der Waals surface area (Å²) in [6, 6.07) is 5.96. The van der Waals surface area contributed by atoms with Gasteiger partial charge in [-0.05, 0) is 43.9 Å². The van der Waals surface area contributed by atoms with Gasteiger partial charge in [-0.15, -0.1) is 0 Å². The van der Waals surface area contributed by atoms with Crippen molar-refractivity contribution in [2.45, 2.75) is 60.0 Å². The molecule has 2 aliphatic rings. The lowest BCUT2D eigenvalue weighted by Crippen LogP contribution is -2.56. The standard InChI is InChI=1S/C26H39ClN4O3/c1-18(2)13-25(33)31-10-6-9-28(19(3)4)11-12-29(15-21-7-8-23(27)14-24(21)31)26(34)22-16-30(17-22)20(5)32/h7-8,14,18-19,22H,6,9-13,15-17H2,1-5H3. The van der Waals surface area contributed by atoms with Gasteiger partial charge in [0.05, 0.1) is 11.6 Å². The van der Waals surface area contributed by atoms with E-state index in [1.54, 1.807) is 4.90 Å². The summed E-state index contributed by atoms with van der Waals surface area (Å²) < 4.78 is 0.